The standard InChI is InChI=1S/C20H20N2O4/c1-2-21(12-11-19(24)25)18(23)13-22-16-9-5-3-7-14(16)20(26)15-8-4-6-10-17(15)22/h3-10H,2,11-13H2,1H3,(H,24,25). The first-order valence-electron chi connectivity index (χ1n) is 8.52. The number of benzene rings is 2. The van der Waals surface area contributed by atoms with Crippen molar-refractivity contribution in [2.24, 2.45) is 0 Å². The van der Waals surface area contributed by atoms with Gasteiger partial charge in [0.25, 0.3) is 0 Å². The predicted octanol–water partition coefficient (Wildman–Crippen LogP) is 2.48. The monoisotopic (exact) mass is 352 g/mol. The lowest BCUT2D eigenvalue weighted by Gasteiger charge is -2.22. The maximum atomic E-state index is 12.8. The fraction of sp³-hybridized carbons (Fsp3) is 0.250. The smallest absolute Gasteiger partial charge is 0.305 e. The van der Waals surface area contributed by atoms with Gasteiger partial charge in [0.05, 0.1) is 17.5 Å². The third-order valence-electron chi connectivity index (χ3n) is 4.50. The zero-order valence-corrected chi connectivity index (χ0v) is 14.5. The van der Waals surface area contributed by atoms with Crippen molar-refractivity contribution in [3.05, 3.63) is 58.8 Å². The van der Waals surface area contributed by atoms with Crippen molar-refractivity contribution in [1.82, 2.24) is 9.47 Å². The molecule has 0 spiro atoms. The molecule has 0 radical (unpaired) electrons. The van der Waals surface area contributed by atoms with E-state index in [0.29, 0.717) is 28.4 Å². The Morgan fingerprint density at radius 2 is 1.54 bits per heavy atom. The highest BCUT2D eigenvalue weighted by molar-refractivity contribution is 5.94. The van der Waals surface area contributed by atoms with E-state index in [1.165, 1.54) is 4.90 Å². The summed E-state index contributed by atoms with van der Waals surface area (Å²) in [6, 6.07) is 14.4. The first-order valence-corrected chi connectivity index (χ1v) is 8.52. The number of carboxylic acids is 1. The highest BCUT2D eigenvalue weighted by Gasteiger charge is 2.17. The van der Waals surface area contributed by atoms with Gasteiger partial charge in [-0.05, 0) is 31.2 Å². The van der Waals surface area contributed by atoms with Crippen LogP contribution in [0.3, 0.4) is 0 Å². The van der Waals surface area contributed by atoms with Gasteiger partial charge < -0.3 is 14.6 Å². The number of para-hydroxylation sites is 2. The van der Waals surface area contributed by atoms with Gasteiger partial charge in [0.1, 0.15) is 6.54 Å². The summed E-state index contributed by atoms with van der Waals surface area (Å²) < 4.78 is 1.83. The molecule has 134 valence electrons. The van der Waals surface area contributed by atoms with Crippen LogP contribution in [0.15, 0.2) is 53.3 Å². The SMILES string of the molecule is CCN(CCC(=O)O)C(=O)Cn1c2ccccc2c(=O)c2ccccc21. The van der Waals surface area contributed by atoms with Crippen LogP contribution >= 0.6 is 0 Å². The topological polar surface area (TPSA) is 79.6 Å². The number of likely N-dealkylation sites (N-methyl/N-ethyl adjacent to an activating group) is 1. The average Bonchev–Trinajstić information content (AvgIpc) is 2.65. The average molecular weight is 352 g/mol. The maximum Gasteiger partial charge on any atom is 0.305 e. The van der Waals surface area contributed by atoms with Crippen LogP contribution in [0, 0.1) is 0 Å². The fourth-order valence-electron chi connectivity index (χ4n) is 3.17. The summed E-state index contributed by atoms with van der Waals surface area (Å²) >= 11 is 0. The molecular formula is C20H20N2O4. The van der Waals surface area contributed by atoms with E-state index in [4.69, 9.17) is 5.11 Å². The van der Waals surface area contributed by atoms with Crippen LogP contribution in [0.25, 0.3) is 21.8 Å². The van der Waals surface area contributed by atoms with Gasteiger partial charge >= 0.3 is 5.97 Å². The van der Waals surface area contributed by atoms with Crippen LogP contribution in [-0.2, 0) is 16.1 Å². The zero-order chi connectivity index (χ0) is 18.7. The van der Waals surface area contributed by atoms with Gasteiger partial charge in [0, 0.05) is 23.9 Å². The Bertz CT molecular complexity index is 979. The lowest BCUT2D eigenvalue weighted by Crippen LogP contribution is -2.35. The highest BCUT2D eigenvalue weighted by atomic mass is 16.4. The molecule has 6 heteroatoms. The highest BCUT2D eigenvalue weighted by Crippen LogP contribution is 2.19. The maximum absolute atomic E-state index is 12.8. The van der Waals surface area contributed by atoms with Crippen molar-refractivity contribution in [1.29, 1.82) is 0 Å². The van der Waals surface area contributed by atoms with E-state index in [-0.39, 0.29) is 30.8 Å². The number of hydrogen-bond acceptors (Lipinski definition) is 3. The van der Waals surface area contributed by atoms with Crippen molar-refractivity contribution in [2.45, 2.75) is 19.9 Å². The van der Waals surface area contributed by atoms with Crippen LogP contribution in [0.2, 0.25) is 0 Å². The molecule has 0 bridgehead atoms. The number of amides is 1. The molecule has 3 rings (SSSR count). The summed E-state index contributed by atoms with van der Waals surface area (Å²) in [5.41, 5.74) is 1.33. The van der Waals surface area contributed by atoms with E-state index >= 15 is 0 Å². The zero-order valence-electron chi connectivity index (χ0n) is 14.5. The first-order chi connectivity index (χ1) is 12.5. The van der Waals surface area contributed by atoms with Gasteiger partial charge in [-0.1, -0.05) is 24.3 Å². The summed E-state index contributed by atoms with van der Waals surface area (Å²) in [5.74, 6) is -1.11. The summed E-state index contributed by atoms with van der Waals surface area (Å²) in [7, 11) is 0. The van der Waals surface area contributed by atoms with E-state index in [1.54, 1.807) is 24.3 Å². The number of nitrogens with zero attached hydrogens (tertiary/aromatic N) is 2. The Hall–Kier alpha value is -3.15. The number of hydrogen-bond donors (Lipinski definition) is 1. The van der Waals surface area contributed by atoms with Gasteiger partial charge in [-0.2, -0.15) is 0 Å². The number of fused-ring (bicyclic) bond motifs is 2. The molecule has 6 nitrogen and oxygen atoms in total. The second kappa shape index (κ2) is 7.39. The molecule has 0 fully saturated rings. The third kappa shape index (κ3) is 3.31. The molecule has 0 aliphatic heterocycles. The Morgan fingerprint density at radius 3 is 2.04 bits per heavy atom. The van der Waals surface area contributed by atoms with E-state index in [1.807, 2.05) is 35.8 Å². The van der Waals surface area contributed by atoms with Crippen LogP contribution in [-0.4, -0.2) is 39.5 Å². The normalized spacial score (nSPS) is 11.0. The lowest BCUT2D eigenvalue weighted by atomic mass is 10.1. The molecule has 26 heavy (non-hydrogen) atoms. The van der Waals surface area contributed by atoms with Crippen molar-refractivity contribution >= 4 is 33.7 Å². The minimum atomic E-state index is -0.935. The Balaban J connectivity index is 2.08. The van der Waals surface area contributed by atoms with E-state index < -0.39 is 5.97 Å². The summed E-state index contributed by atoms with van der Waals surface area (Å²) in [5, 5.41) is 9.99. The molecule has 0 saturated carbocycles. The van der Waals surface area contributed by atoms with Gasteiger partial charge in [-0.15, -0.1) is 0 Å². The second-order valence-corrected chi connectivity index (χ2v) is 6.07. The minimum Gasteiger partial charge on any atom is -0.481 e. The molecular weight excluding hydrogens is 332 g/mol. The van der Waals surface area contributed by atoms with Gasteiger partial charge in [0.2, 0.25) is 5.91 Å². The number of rotatable bonds is 6. The van der Waals surface area contributed by atoms with Gasteiger partial charge in [-0.25, -0.2) is 0 Å². The van der Waals surface area contributed by atoms with Gasteiger partial charge in [0.15, 0.2) is 5.43 Å². The number of pyridine rings is 1. The second-order valence-electron chi connectivity index (χ2n) is 6.07. The molecule has 1 amide bonds. The summed E-state index contributed by atoms with van der Waals surface area (Å²) in [4.78, 5) is 37.8. The van der Waals surface area contributed by atoms with Crippen LogP contribution in [0.1, 0.15) is 13.3 Å². The Labute approximate surface area is 150 Å². The molecule has 0 unspecified atom stereocenters. The minimum absolute atomic E-state index is 0.0504. The summed E-state index contributed by atoms with van der Waals surface area (Å²) in [6.45, 7) is 2.47. The van der Waals surface area contributed by atoms with Crippen molar-refractivity contribution in [2.75, 3.05) is 13.1 Å². The number of carbonyl (C=O) groups is 2. The number of aliphatic carboxylic acids is 1. The number of carbonyl (C=O) groups excluding carboxylic acids is 1. The van der Waals surface area contributed by atoms with Crippen LogP contribution in [0.5, 0.6) is 0 Å². The van der Waals surface area contributed by atoms with Crippen LogP contribution in [0.4, 0.5) is 0 Å². The molecule has 0 aliphatic carbocycles. The molecule has 3 aromatic rings. The number of carboxylic acid groups (broad SMARTS) is 1. The van der Waals surface area contributed by atoms with E-state index in [9.17, 15) is 14.4 Å². The quantitative estimate of drug-likeness (QED) is 0.691. The Morgan fingerprint density at radius 1 is 1.00 bits per heavy atom. The van der Waals surface area contributed by atoms with Crippen molar-refractivity contribution < 1.29 is 14.7 Å². The van der Waals surface area contributed by atoms with E-state index in [2.05, 4.69) is 0 Å². The molecule has 2 aromatic carbocycles. The third-order valence-corrected chi connectivity index (χ3v) is 4.50. The Kier molecular flexibility index (Phi) is 5.02. The first kappa shape index (κ1) is 17.7. The predicted molar refractivity (Wildman–Crippen MR) is 100 cm³/mol. The molecule has 1 N–H and O–H groups in total. The molecule has 1 heterocycles. The fourth-order valence-corrected chi connectivity index (χ4v) is 3.17. The molecule has 1 aromatic heterocycles. The number of aromatic nitrogens is 1. The molecule has 0 aliphatic rings. The van der Waals surface area contributed by atoms with E-state index in [0.717, 1.165) is 0 Å². The summed E-state index contributed by atoms with van der Waals surface area (Å²) in [6.07, 6.45) is -0.0920. The molecule has 0 saturated heterocycles. The van der Waals surface area contributed by atoms with Crippen LogP contribution < -0.4 is 5.43 Å². The van der Waals surface area contributed by atoms with Gasteiger partial charge in [-0.3, -0.25) is 14.4 Å². The van der Waals surface area contributed by atoms with Crippen molar-refractivity contribution in [3.63, 3.8) is 0 Å². The van der Waals surface area contributed by atoms with Crippen molar-refractivity contribution in [3.8, 4) is 0 Å². The molecule has 0 atom stereocenters. The largest absolute Gasteiger partial charge is 0.481 e. The lowest BCUT2D eigenvalue weighted by molar-refractivity contribution is -0.138.